The molecule has 2 heterocycles. The van der Waals surface area contributed by atoms with Gasteiger partial charge in [0.1, 0.15) is 0 Å². The average molecular weight is 481 g/mol. The Hall–Kier alpha value is -1.56. The first-order valence-corrected chi connectivity index (χ1v) is 12.2. The minimum Gasteiger partial charge on any atom is -0.379 e. The number of thiocarbonyl (C=S) groups is 2. The highest BCUT2D eigenvalue weighted by Gasteiger charge is 2.10. The SMILES string of the molecule is S=C(NCCN1CCOCC1)NCc1cccc(CNC(=S)NCCN2CCOCC2)c1. The predicted molar refractivity (Wildman–Crippen MR) is 136 cm³/mol. The molecule has 0 atom stereocenters. The number of hydrogen-bond donors (Lipinski definition) is 4. The van der Waals surface area contributed by atoms with Crippen molar-refractivity contribution in [3.63, 3.8) is 0 Å². The summed E-state index contributed by atoms with van der Waals surface area (Å²) in [6.07, 6.45) is 0. The van der Waals surface area contributed by atoms with Gasteiger partial charge in [0.15, 0.2) is 10.2 Å². The number of nitrogens with one attached hydrogen (secondary N) is 4. The quantitative estimate of drug-likeness (QED) is 0.351. The van der Waals surface area contributed by atoms with E-state index in [1.165, 1.54) is 11.1 Å². The summed E-state index contributed by atoms with van der Waals surface area (Å²) in [7, 11) is 0. The van der Waals surface area contributed by atoms with E-state index < -0.39 is 0 Å². The molecule has 3 rings (SSSR count). The fraction of sp³-hybridized carbons (Fsp3) is 0.636. The number of ether oxygens (including phenoxy) is 2. The largest absolute Gasteiger partial charge is 0.379 e. The Morgan fingerprint density at radius 2 is 1.16 bits per heavy atom. The zero-order chi connectivity index (χ0) is 22.4. The summed E-state index contributed by atoms with van der Waals surface area (Å²) in [5, 5.41) is 14.5. The lowest BCUT2D eigenvalue weighted by molar-refractivity contribution is 0.0388. The second-order valence-electron chi connectivity index (χ2n) is 7.95. The van der Waals surface area contributed by atoms with Crippen molar-refractivity contribution in [3.8, 4) is 0 Å². The maximum absolute atomic E-state index is 5.41. The summed E-state index contributed by atoms with van der Waals surface area (Å²) in [6, 6.07) is 8.45. The molecule has 0 aliphatic carbocycles. The Labute approximate surface area is 202 Å². The first-order valence-electron chi connectivity index (χ1n) is 11.4. The smallest absolute Gasteiger partial charge is 0.166 e. The molecule has 0 saturated carbocycles. The maximum atomic E-state index is 5.41. The fourth-order valence-electron chi connectivity index (χ4n) is 3.64. The molecule has 4 N–H and O–H groups in total. The van der Waals surface area contributed by atoms with Crippen molar-refractivity contribution < 1.29 is 9.47 Å². The predicted octanol–water partition coefficient (Wildman–Crippen LogP) is 0.279. The summed E-state index contributed by atoms with van der Waals surface area (Å²) in [4.78, 5) is 4.77. The van der Waals surface area contributed by atoms with Gasteiger partial charge in [0.05, 0.1) is 26.4 Å². The molecule has 2 saturated heterocycles. The number of nitrogens with zero attached hydrogens (tertiary/aromatic N) is 2. The van der Waals surface area contributed by atoms with Crippen molar-refractivity contribution >= 4 is 34.7 Å². The van der Waals surface area contributed by atoms with Crippen LogP contribution in [0.25, 0.3) is 0 Å². The summed E-state index contributed by atoms with van der Waals surface area (Å²) < 4.78 is 10.7. The van der Waals surface area contributed by atoms with Crippen LogP contribution in [-0.2, 0) is 22.6 Å². The second-order valence-corrected chi connectivity index (χ2v) is 8.76. The van der Waals surface area contributed by atoms with E-state index >= 15 is 0 Å². The van der Waals surface area contributed by atoms with Crippen LogP contribution in [0.2, 0.25) is 0 Å². The third-order valence-corrected chi connectivity index (χ3v) is 6.11. The molecule has 1 aromatic carbocycles. The van der Waals surface area contributed by atoms with E-state index in [9.17, 15) is 0 Å². The van der Waals surface area contributed by atoms with E-state index in [1.807, 2.05) is 0 Å². The minimum atomic E-state index is 0.687. The highest BCUT2D eigenvalue weighted by Crippen LogP contribution is 2.05. The summed E-state index contributed by atoms with van der Waals surface area (Å²) in [5.74, 6) is 0. The lowest BCUT2D eigenvalue weighted by Gasteiger charge is -2.26. The van der Waals surface area contributed by atoms with Crippen LogP contribution in [0.5, 0.6) is 0 Å². The topological polar surface area (TPSA) is 73.1 Å². The monoisotopic (exact) mass is 480 g/mol. The maximum Gasteiger partial charge on any atom is 0.166 e. The summed E-state index contributed by atoms with van der Waals surface area (Å²) in [5.41, 5.74) is 2.38. The van der Waals surface area contributed by atoms with Gasteiger partial charge in [-0.15, -0.1) is 0 Å². The number of benzene rings is 1. The van der Waals surface area contributed by atoms with Gasteiger partial charge in [-0.2, -0.15) is 0 Å². The molecule has 1 aromatic rings. The van der Waals surface area contributed by atoms with E-state index in [2.05, 4.69) is 55.3 Å². The Bertz CT molecular complexity index is 656. The summed E-state index contributed by atoms with van der Waals surface area (Å²) in [6.45, 7) is 12.3. The first-order chi connectivity index (χ1) is 15.7. The Kier molecular flexibility index (Phi) is 11.4. The Morgan fingerprint density at radius 1 is 0.719 bits per heavy atom. The van der Waals surface area contributed by atoms with Gasteiger partial charge in [0, 0.05) is 65.4 Å². The van der Waals surface area contributed by atoms with Gasteiger partial charge in [0.25, 0.3) is 0 Å². The average Bonchev–Trinajstić information content (AvgIpc) is 2.83. The van der Waals surface area contributed by atoms with Crippen LogP contribution >= 0.6 is 24.4 Å². The molecule has 32 heavy (non-hydrogen) atoms. The molecule has 0 unspecified atom stereocenters. The van der Waals surface area contributed by atoms with Crippen LogP contribution in [0, 0.1) is 0 Å². The molecule has 178 valence electrons. The van der Waals surface area contributed by atoms with Crippen molar-refractivity contribution in [2.45, 2.75) is 13.1 Å². The van der Waals surface area contributed by atoms with Crippen LogP contribution in [0.4, 0.5) is 0 Å². The van der Waals surface area contributed by atoms with Gasteiger partial charge < -0.3 is 30.7 Å². The summed E-state index contributed by atoms with van der Waals surface area (Å²) >= 11 is 10.8. The molecule has 2 aliphatic rings. The highest BCUT2D eigenvalue weighted by atomic mass is 32.1. The molecular formula is C22H36N6O2S2. The lowest BCUT2D eigenvalue weighted by Crippen LogP contribution is -2.43. The van der Waals surface area contributed by atoms with Crippen molar-refractivity contribution in [2.24, 2.45) is 0 Å². The van der Waals surface area contributed by atoms with E-state index in [-0.39, 0.29) is 0 Å². The van der Waals surface area contributed by atoms with Crippen LogP contribution in [-0.4, -0.2) is 98.8 Å². The molecule has 10 heteroatoms. The van der Waals surface area contributed by atoms with E-state index in [1.54, 1.807) is 0 Å². The van der Waals surface area contributed by atoms with Crippen molar-refractivity contribution in [2.75, 3.05) is 78.8 Å². The van der Waals surface area contributed by atoms with Gasteiger partial charge in [-0.3, -0.25) is 9.80 Å². The van der Waals surface area contributed by atoms with E-state index in [4.69, 9.17) is 33.9 Å². The molecule has 2 fully saturated rings. The third kappa shape index (κ3) is 9.93. The zero-order valence-electron chi connectivity index (χ0n) is 18.7. The number of rotatable bonds is 10. The molecular weight excluding hydrogens is 444 g/mol. The molecule has 0 spiro atoms. The van der Waals surface area contributed by atoms with Gasteiger partial charge in [-0.25, -0.2) is 0 Å². The Morgan fingerprint density at radius 3 is 1.59 bits per heavy atom. The molecule has 2 aliphatic heterocycles. The molecule has 0 amide bonds. The van der Waals surface area contributed by atoms with Crippen LogP contribution in [0.15, 0.2) is 24.3 Å². The van der Waals surface area contributed by atoms with Crippen LogP contribution in [0.1, 0.15) is 11.1 Å². The van der Waals surface area contributed by atoms with Crippen molar-refractivity contribution in [3.05, 3.63) is 35.4 Å². The van der Waals surface area contributed by atoms with Gasteiger partial charge >= 0.3 is 0 Å². The normalized spacial score (nSPS) is 17.5. The minimum absolute atomic E-state index is 0.687. The molecule has 0 radical (unpaired) electrons. The number of morpholine rings is 2. The van der Waals surface area contributed by atoms with Gasteiger partial charge in [-0.1, -0.05) is 24.3 Å². The van der Waals surface area contributed by atoms with Gasteiger partial charge in [0.2, 0.25) is 0 Å². The van der Waals surface area contributed by atoms with Crippen LogP contribution in [0.3, 0.4) is 0 Å². The Balaban J connectivity index is 1.27. The molecule has 0 aromatic heterocycles. The van der Waals surface area contributed by atoms with Crippen molar-refractivity contribution in [1.29, 1.82) is 0 Å². The zero-order valence-corrected chi connectivity index (χ0v) is 20.4. The van der Waals surface area contributed by atoms with E-state index in [0.717, 1.165) is 78.8 Å². The van der Waals surface area contributed by atoms with E-state index in [0.29, 0.717) is 23.3 Å². The van der Waals surface area contributed by atoms with Crippen LogP contribution < -0.4 is 21.3 Å². The standard InChI is InChI=1S/C22H36N6O2S2/c31-21(23-4-6-27-8-12-29-13-9-27)25-17-19-2-1-3-20(16-19)18-26-22(32)24-5-7-28-10-14-30-15-11-28/h1-3,16H,4-15,17-18H2,(H2,23,25,31)(H2,24,26,32). The molecule has 0 bridgehead atoms. The lowest BCUT2D eigenvalue weighted by atomic mass is 10.1. The molecule has 8 nitrogen and oxygen atoms in total. The van der Waals surface area contributed by atoms with Gasteiger partial charge in [-0.05, 0) is 35.6 Å². The highest BCUT2D eigenvalue weighted by molar-refractivity contribution is 7.80. The number of hydrogen-bond acceptors (Lipinski definition) is 6. The second kappa shape index (κ2) is 14.6. The third-order valence-electron chi connectivity index (χ3n) is 5.53. The first kappa shape index (κ1) is 25.1. The fourth-order valence-corrected chi connectivity index (χ4v) is 3.99. The van der Waals surface area contributed by atoms with Crippen molar-refractivity contribution in [1.82, 2.24) is 31.1 Å².